The van der Waals surface area contributed by atoms with Gasteiger partial charge in [-0.2, -0.15) is 19.7 Å². The molecule has 1 aromatic heterocycles. The van der Waals surface area contributed by atoms with Gasteiger partial charge in [-0.05, 0) is 25.2 Å². The van der Waals surface area contributed by atoms with E-state index in [0.29, 0.717) is 31.0 Å². The average molecular weight is 300 g/mol. The number of hydrogen-bond acceptors (Lipinski definition) is 5. The Balaban J connectivity index is 1.70. The number of β-amino-alcohol motifs (C(OH)–C–C–N with tert-alkyl or cyclic N) is 1. The Kier molecular flexibility index (Phi) is 3.55. The molecule has 1 aliphatic heterocycles. The molecule has 8 heteroatoms. The quantitative estimate of drug-likeness (QED) is 0.810. The van der Waals surface area contributed by atoms with Crippen molar-refractivity contribution in [1.29, 1.82) is 0 Å². The molecular formula is C12H20N4O3S. The molecule has 0 spiro atoms. The van der Waals surface area contributed by atoms with Crippen LogP contribution < -0.4 is 0 Å². The van der Waals surface area contributed by atoms with Crippen molar-refractivity contribution in [2.75, 3.05) is 18.8 Å². The molecule has 0 radical (unpaired) electrons. The standard InChI is InChI=1S/C12H20N4O3S/c17-12(11-8-13-15-14-11)5-1-6-16(9-12)20(18,19)7-4-10-2-3-10/h8,10,17H,1-7,9H2,(H,13,14,15). The van der Waals surface area contributed by atoms with Crippen molar-refractivity contribution >= 4 is 10.0 Å². The molecule has 0 amide bonds. The predicted octanol–water partition coefficient (Wildman–Crippen LogP) is 0.218. The molecular weight excluding hydrogens is 280 g/mol. The molecule has 1 unspecified atom stereocenters. The maximum Gasteiger partial charge on any atom is 0.214 e. The lowest BCUT2D eigenvalue weighted by atomic mass is 9.91. The number of aromatic nitrogens is 3. The van der Waals surface area contributed by atoms with Crippen LogP contribution in [0.4, 0.5) is 0 Å². The van der Waals surface area contributed by atoms with Crippen LogP contribution in [-0.4, -0.2) is 52.1 Å². The molecule has 0 bridgehead atoms. The first-order chi connectivity index (χ1) is 9.50. The molecule has 20 heavy (non-hydrogen) atoms. The molecule has 7 nitrogen and oxygen atoms in total. The van der Waals surface area contributed by atoms with Gasteiger partial charge in [-0.15, -0.1) is 0 Å². The number of piperidine rings is 1. The number of hydrogen-bond donors (Lipinski definition) is 2. The van der Waals surface area contributed by atoms with Gasteiger partial charge in [-0.1, -0.05) is 12.8 Å². The molecule has 3 rings (SSSR count). The maximum absolute atomic E-state index is 12.3. The van der Waals surface area contributed by atoms with Gasteiger partial charge in [0.1, 0.15) is 11.3 Å². The molecule has 2 fully saturated rings. The molecule has 2 aliphatic rings. The Hall–Kier alpha value is -0.990. The van der Waals surface area contributed by atoms with Crippen LogP contribution >= 0.6 is 0 Å². The summed E-state index contributed by atoms with van der Waals surface area (Å²) in [6.45, 7) is 0.555. The van der Waals surface area contributed by atoms with Crippen molar-refractivity contribution in [3.8, 4) is 0 Å². The summed E-state index contributed by atoms with van der Waals surface area (Å²) >= 11 is 0. The van der Waals surface area contributed by atoms with Crippen molar-refractivity contribution < 1.29 is 13.5 Å². The van der Waals surface area contributed by atoms with E-state index in [-0.39, 0.29) is 12.3 Å². The summed E-state index contributed by atoms with van der Waals surface area (Å²) in [7, 11) is -3.29. The molecule has 1 saturated heterocycles. The van der Waals surface area contributed by atoms with Crippen molar-refractivity contribution in [3.05, 3.63) is 11.9 Å². The van der Waals surface area contributed by atoms with E-state index in [4.69, 9.17) is 0 Å². The van der Waals surface area contributed by atoms with Gasteiger partial charge < -0.3 is 5.11 Å². The van der Waals surface area contributed by atoms with Crippen LogP contribution in [0.3, 0.4) is 0 Å². The van der Waals surface area contributed by atoms with Crippen LogP contribution in [0.1, 0.15) is 37.8 Å². The van der Waals surface area contributed by atoms with Gasteiger partial charge in [0, 0.05) is 13.1 Å². The number of aliphatic hydroxyl groups is 1. The second kappa shape index (κ2) is 5.09. The minimum absolute atomic E-state index is 0.0759. The summed E-state index contributed by atoms with van der Waals surface area (Å²) in [5, 5.41) is 20.7. The monoisotopic (exact) mass is 300 g/mol. The largest absolute Gasteiger partial charge is 0.382 e. The molecule has 1 saturated carbocycles. The zero-order valence-electron chi connectivity index (χ0n) is 11.3. The third-order valence-corrected chi connectivity index (χ3v) is 6.05. The average Bonchev–Trinajstić information content (AvgIpc) is 3.07. The van der Waals surface area contributed by atoms with Crippen LogP contribution in [0.25, 0.3) is 0 Å². The van der Waals surface area contributed by atoms with Crippen LogP contribution in [0, 0.1) is 5.92 Å². The van der Waals surface area contributed by atoms with E-state index in [1.54, 1.807) is 0 Å². The fourth-order valence-corrected chi connectivity index (χ4v) is 4.43. The predicted molar refractivity (Wildman–Crippen MR) is 72.2 cm³/mol. The van der Waals surface area contributed by atoms with Crippen molar-refractivity contribution in [2.24, 2.45) is 5.92 Å². The molecule has 1 aromatic rings. The highest BCUT2D eigenvalue weighted by atomic mass is 32.2. The first kappa shape index (κ1) is 14.0. The summed E-state index contributed by atoms with van der Waals surface area (Å²) < 4.78 is 26.1. The second-order valence-corrected chi connectivity index (χ2v) is 7.96. The van der Waals surface area contributed by atoms with Gasteiger partial charge in [0.15, 0.2) is 0 Å². The first-order valence-corrected chi connectivity index (χ1v) is 8.67. The summed E-state index contributed by atoms with van der Waals surface area (Å²) in [5.41, 5.74) is -0.808. The molecule has 2 heterocycles. The summed E-state index contributed by atoms with van der Waals surface area (Å²) in [6.07, 6.45) is 5.64. The van der Waals surface area contributed by atoms with Crippen LogP contribution in [0.2, 0.25) is 0 Å². The van der Waals surface area contributed by atoms with Crippen LogP contribution in [0.5, 0.6) is 0 Å². The Labute approximate surface area is 118 Å². The Morgan fingerprint density at radius 2 is 2.30 bits per heavy atom. The minimum atomic E-state index is -3.29. The lowest BCUT2D eigenvalue weighted by Crippen LogP contribution is -2.49. The van der Waals surface area contributed by atoms with E-state index in [2.05, 4.69) is 15.4 Å². The highest BCUT2D eigenvalue weighted by molar-refractivity contribution is 7.89. The van der Waals surface area contributed by atoms with E-state index < -0.39 is 15.6 Å². The van der Waals surface area contributed by atoms with Crippen LogP contribution in [-0.2, 0) is 15.6 Å². The van der Waals surface area contributed by atoms with Gasteiger partial charge >= 0.3 is 0 Å². The number of rotatable bonds is 5. The second-order valence-electron chi connectivity index (χ2n) is 5.87. The number of sulfonamides is 1. The molecule has 1 atom stereocenters. The number of H-pyrrole nitrogens is 1. The van der Waals surface area contributed by atoms with E-state index in [1.807, 2.05) is 0 Å². The summed E-state index contributed by atoms with van der Waals surface area (Å²) in [6, 6.07) is 0. The lowest BCUT2D eigenvalue weighted by Gasteiger charge is -2.37. The third kappa shape index (κ3) is 2.87. The lowest BCUT2D eigenvalue weighted by molar-refractivity contribution is -0.0161. The van der Waals surface area contributed by atoms with Crippen molar-refractivity contribution in [3.63, 3.8) is 0 Å². The van der Waals surface area contributed by atoms with Crippen LogP contribution in [0.15, 0.2) is 6.20 Å². The topological polar surface area (TPSA) is 99.2 Å². The smallest absolute Gasteiger partial charge is 0.214 e. The molecule has 0 aromatic carbocycles. The van der Waals surface area contributed by atoms with E-state index >= 15 is 0 Å². The van der Waals surface area contributed by atoms with E-state index in [0.717, 1.165) is 19.3 Å². The minimum Gasteiger partial charge on any atom is -0.382 e. The Bertz CT molecular complexity index is 555. The zero-order chi connectivity index (χ0) is 14.2. The molecule has 2 N–H and O–H groups in total. The number of aromatic amines is 1. The van der Waals surface area contributed by atoms with E-state index in [1.165, 1.54) is 10.5 Å². The molecule has 112 valence electrons. The maximum atomic E-state index is 12.3. The zero-order valence-corrected chi connectivity index (χ0v) is 12.1. The van der Waals surface area contributed by atoms with Crippen molar-refractivity contribution in [2.45, 2.75) is 37.7 Å². The van der Waals surface area contributed by atoms with Crippen molar-refractivity contribution in [1.82, 2.24) is 19.7 Å². The number of nitrogens with zero attached hydrogens (tertiary/aromatic N) is 3. The van der Waals surface area contributed by atoms with E-state index in [9.17, 15) is 13.5 Å². The SMILES string of the molecule is O=S(=O)(CCC1CC1)N1CCCC(O)(c2cn[nH]n2)C1. The normalized spacial score (nSPS) is 28.6. The van der Waals surface area contributed by atoms with Gasteiger partial charge in [0.2, 0.25) is 10.0 Å². The summed E-state index contributed by atoms with van der Waals surface area (Å²) in [4.78, 5) is 0. The first-order valence-electron chi connectivity index (χ1n) is 7.06. The summed E-state index contributed by atoms with van der Waals surface area (Å²) in [5.74, 6) is 0.774. The molecule has 1 aliphatic carbocycles. The van der Waals surface area contributed by atoms with Gasteiger partial charge in [-0.25, -0.2) is 8.42 Å². The highest BCUT2D eigenvalue weighted by Gasteiger charge is 2.41. The fraction of sp³-hybridized carbons (Fsp3) is 0.833. The van der Waals surface area contributed by atoms with Gasteiger partial charge in [-0.3, -0.25) is 0 Å². The van der Waals surface area contributed by atoms with Gasteiger partial charge in [0.05, 0.1) is 11.9 Å². The Morgan fingerprint density at radius 1 is 1.50 bits per heavy atom. The number of nitrogens with one attached hydrogen (secondary N) is 1. The highest BCUT2D eigenvalue weighted by Crippen LogP contribution is 2.34. The Morgan fingerprint density at radius 3 is 2.95 bits per heavy atom. The fourth-order valence-electron chi connectivity index (χ4n) is 2.72. The van der Waals surface area contributed by atoms with Gasteiger partial charge in [0.25, 0.3) is 0 Å². The third-order valence-electron chi connectivity index (χ3n) is 4.20.